The maximum atomic E-state index is 5.14. The number of ether oxygens (including phenoxy) is 1. The van der Waals surface area contributed by atoms with Crippen LogP contribution in [0.3, 0.4) is 0 Å². The minimum atomic E-state index is 0.561. The van der Waals surface area contributed by atoms with E-state index in [-0.39, 0.29) is 0 Å². The van der Waals surface area contributed by atoms with Crippen molar-refractivity contribution < 1.29 is 4.74 Å². The molecule has 0 aliphatic heterocycles. The number of hydrogen-bond donors (Lipinski definition) is 2. The van der Waals surface area contributed by atoms with E-state index < -0.39 is 0 Å². The molecule has 0 radical (unpaired) electrons. The molecule has 0 unspecified atom stereocenters. The highest BCUT2D eigenvalue weighted by Gasteiger charge is 2.00. The van der Waals surface area contributed by atoms with E-state index in [2.05, 4.69) is 44.9 Å². The summed E-state index contributed by atoms with van der Waals surface area (Å²) in [5, 5.41) is 14.2. The molecule has 6 heteroatoms. The van der Waals surface area contributed by atoms with Gasteiger partial charge >= 0.3 is 0 Å². The van der Waals surface area contributed by atoms with E-state index in [4.69, 9.17) is 4.74 Å². The lowest BCUT2D eigenvalue weighted by molar-refractivity contribution is 0.414. The Morgan fingerprint density at radius 1 is 1.10 bits per heavy atom. The summed E-state index contributed by atoms with van der Waals surface area (Å²) in [5.41, 5.74) is 1.25. The molecule has 0 spiro atoms. The average molecular weight is 287 g/mol. The van der Waals surface area contributed by atoms with Gasteiger partial charge in [0, 0.05) is 13.1 Å². The van der Waals surface area contributed by atoms with Gasteiger partial charge in [0.2, 0.25) is 5.95 Å². The Morgan fingerprint density at radius 2 is 1.90 bits per heavy atom. The molecule has 0 bridgehead atoms. The summed E-state index contributed by atoms with van der Waals surface area (Å²) in [6.45, 7) is 3.73. The molecule has 0 saturated carbocycles. The third kappa shape index (κ3) is 4.91. The number of hydrogen-bond acceptors (Lipinski definition) is 6. The number of rotatable bonds is 8. The van der Waals surface area contributed by atoms with E-state index >= 15 is 0 Å². The lowest BCUT2D eigenvalue weighted by atomic mass is 10.1. The quantitative estimate of drug-likeness (QED) is 0.776. The van der Waals surface area contributed by atoms with Crippen molar-refractivity contribution in [2.75, 3.05) is 30.8 Å². The summed E-state index contributed by atoms with van der Waals surface area (Å²) in [6.07, 6.45) is 3.56. The number of anilines is 2. The van der Waals surface area contributed by atoms with Crippen LogP contribution in [0.15, 0.2) is 30.5 Å². The second-order valence-corrected chi connectivity index (χ2v) is 4.62. The van der Waals surface area contributed by atoms with Crippen LogP contribution in [0, 0.1) is 0 Å². The van der Waals surface area contributed by atoms with Gasteiger partial charge in [-0.25, -0.2) is 0 Å². The van der Waals surface area contributed by atoms with E-state index in [1.54, 1.807) is 13.3 Å². The first-order valence-corrected chi connectivity index (χ1v) is 7.12. The number of benzene rings is 1. The highest BCUT2D eigenvalue weighted by Crippen LogP contribution is 2.12. The van der Waals surface area contributed by atoms with Crippen molar-refractivity contribution in [1.82, 2.24) is 15.2 Å². The average Bonchev–Trinajstić information content (AvgIpc) is 2.54. The molecular formula is C15H21N5O. The number of methoxy groups -OCH3 is 1. The van der Waals surface area contributed by atoms with Crippen LogP contribution >= 0.6 is 0 Å². The Bertz CT molecular complexity index is 544. The Morgan fingerprint density at radius 3 is 2.62 bits per heavy atom. The fourth-order valence-electron chi connectivity index (χ4n) is 1.83. The molecule has 112 valence electrons. The Hall–Kier alpha value is -2.37. The Kier molecular flexibility index (Phi) is 5.75. The lowest BCUT2D eigenvalue weighted by Crippen LogP contribution is -2.10. The van der Waals surface area contributed by atoms with E-state index in [9.17, 15) is 0 Å². The fourth-order valence-corrected chi connectivity index (χ4v) is 1.83. The SMILES string of the molecule is CCCNc1nncc(NCCc2ccc(OC)cc2)n1. The highest BCUT2D eigenvalue weighted by atomic mass is 16.5. The van der Waals surface area contributed by atoms with Crippen molar-refractivity contribution in [3.8, 4) is 5.75 Å². The maximum Gasteiger partial charge on any atom is 0.244 e. The van der Waals surface area contributed by atoms with Crippen LogP contribution in [-0.4, -0.2) is 35.4 Å². The molecule has 1 heterocycles. The zero-order chi connectivity index (χ0) is 14.9. The standard InChI is InChI=1S/C15H21N5O/c1-3-9-17-15-19-14(11-18-20-15)16-10-8-12-4-6-13(21-2)7-5-12/h4-7,11H,3,8-10H2,1-2H3,(H2,16,17,19,20). The van der Waals surface area contributed by atoms with Crippen molar-refractivity contribution >= 4 is 11.8 Å². The molecule has 0 atom stereocenters. The normalized spacial score (nSPS) is 10.2. The van der Waals surface area contributed by atoms with Crippen LogP contribution in [0.2, 0.25) is 0 Å². The van der Waals surface area contributed by atoms with Gasteiger partial charge in [-0.2, -0.15) is 10.1 Å². The zero-order valence-corrected chi connectivity index (χ0v) is 12.5. The van der Waals surface area contributed by atoms with E-state index in [1.807, 2.05) is 12.1 Å². The van der Waals surface area contributed by atoms with Gasteiger partial charge in [-0.1, -0.05) is 19.1 Å². The molecule has 6 nitrogen and oxygen atoms in total. The molecule has 1 aromatic carbocycles. The largest absolute Gasteiger partial charge is 0.497 e. The summed E-state index contributed by atoms with van der Waals surface area (Å²) in [7, 11) is 1.67. The zero-order valence-electron chi connectivity index (χ0n) is 12.5. The molecule has 0 aliphatic carbocycles. The van der Waals surface area contributed by atoms with Crippen LogP contribution in [0.5, 0.6) is 5.75 Å². The minimum Gasteiger partial charge on any atom is -0.497 e. The van der Waals surface area contributed by atoms with Gasteiger partial charge in [-0.15, -0.1) is 5.10 Å². The summed E-state index contributed by atoms with van der Waals surface area (Å²) < 4.78 is 5.14. The number of nitrogens with one attached hydrogen (secondary N) is 2. The van der Waals surface area contributed by atoms with Crippen LogP contribution in [0.1, 0.15) is 18.9 Å². The molecule has 21 heavy (non-hydrogen) atoms. The molecular weight excluding hydrogens is 266 g/mol. The van der Waals surface area contributed by atoms with Crippen LogP contribution in [-0.2, 0) is 6.42 Å². The van der Waals surface area contributed by atoms with Gasteiger partial charge in [0.05, 0.1) is 13.3 Å². The molecule has 0 aliphatic rings. The van der Waals surface area contributed by atoms with Crippen LogP contribution in [0.4, 0.5) is 11.8 Å². The molecule has 0 saturated heterocycles. The van der Waals surface area contributed by atoms with Crippen molar-refractivity contribution in [1.29, 1.82) is 0 Å². The van der Waals surface area contributed by atoms with Crippen molar-refractivity contribution in [2.24, 2.45) is 0 Å². The van der Waals surface area contributed by atoms with Gasteiger partial charge in [-0.05, 0) is 30.5 Å². The van der Waals surface area contributed by atoms with Gasteiger partial charge in [0.15, 0.2) is 5.82 Å². The maximum absolute atomic E-state index is 5.14. The van der Waals surface area contributed by atoms with E-state index in [1.165, 1.54) is 5.56 Å². The first-order chi connectivity index (χ1) is 10.3. The second kappa shape index (κ2) is 8.04. The topological polar surface area (TPSA) is 72.0 Å². The van der Waals surface area contributed by atoms with Crippen molar-refractivity contribution in [3.63, 3.8) is 0 Å². The molecule has 0 amide bonds. The highest BCUT2D eigenvalue weighted by molar-refractivity contribution is 5.37. The monoisotopic (exact) mass is 287 g/mol. The van der Waals surface area contributed by atoms with Gasteiger partial charge < -0.3 is 15.4 Å². The molecule has 0 fully saturated rings. The third-order valence-electron chi connectivity index (χ3n) is 2.97. The third-order valence-corrected chi connectivity index (χ3v) is 2.97. The fraction of sp³-hybridized carbons (Fsp3) is 0.400. The number of aromatic nitrogens is 3. The van der Waals surface area contributed by atoms with Crippen LogP contribution < -0.4 is 15.4 Å². The number of nitrogens with zero attached hydrogens (tertiary/aromatic N) is 3. The predicted molar refractivity (Wildman–Crippen MR) is 83.8 cm³/mol. The second-order valence-electron chi connectivity index (χ2n) is 4.62. The molecule has 2 rings (SSSR count). The first-order valence-electron chi connectivity index (χ1n) is 7.12. The minimum absolute atomic E-state index is 0.561. The van der Waals surface area contributed by atoms with Gasteiger partial charge in [0.25, 0.3) is 0 Å². The molecule has 1 aromatic heterocycles. The summed E-state index contributed by atoms with van der Waals surface area (Å²) in [5.74, 6) is 2.17. The predicted octanol–water partition coefficient (Wildman–Crippen LogP) is 2.36. The van der Waals surface area contributed by atoms with Gasteiger partial charge in [0.1, 0.15) is 5.75 Å². The first kappa shape index (κ1) is 15.0. The Balaban J connectivity index is 1.82. The van der Waals surface area contributed by atoms with Crippen molar-refractivity contribution in [3.05, 3.63) is 36.0 Å². The Labute approximate surface area is 125 Å². The van der Waals surface area contributed by atoms with E-state index in [0.29, 0.717) is 5.95 Å². The van der Waals surface area contributed by atoms with Crippen molar-refractivity contribution in [2.45, 2.75) is 19.8 Å². The summed E-state index contributed by atoms with van der Waals surface area (Å²) in [6, 6.07) is 8.06. The summed E-state index contributed by atoms with van der Waals surface area (Å²) >= 11 is 0. The van der Waals surface area contributed by atoms with Gasteiger partial charge in [-0.3, -0.25) is 0 Å². The van der Waals surface area contributed by atoms with Crippen LogP contribution in [0.25, 0.3) is 0 Å². The molecule has 2 N–H and O–H groups in total. The summed E-state index contributed by atoms with van der Waals surface area (Å²) in [4.78, 5) is 4.35. The molecule has 2 aromatic rings. The lowest BCUT2D eigenvalue weighted by Gasteiger charge is -2.07. The van der Waals surface area contributed by atoms with E-state index in [0.717, 1.165) is 37.5 Å². The smallest absolute Gasteiger partial charge is 0.244 e.